The van der Waals surface area contributed by atoms with Crippen molar-refractivity contribution < 1.29 is 18.7 Å². The zero-order valence-electron chi connectivity index (χ0n) is 18.2. The molecule has 1 aliphatic heterocycles. The summed E-state index contributed by atoms with van der Waals surface area (Å²) in [6, 6.07) is 15.2. The first-order chi connectivity index (χ1) is 16.8. The second-order valence-corrected chi connectivity index (χ2v) is 11.0. The highest BCUT2D eigenvalue weighted by molar-refractivity contribution is 14.1. The predicted molar refractivity (Wildman–Crippen MR) is 153 cm³/mol. The van der Waals surface area contributed by atoms with Crippen molar-refractivity contribution in [3.8, 4) is 11.5 Å². The van der Waals surface area contributed by atoms with E-state index in [4.69, 9.17) is 44.9 Å². The number of amides is 1. The molecule has 1 saturated heterocycles. The van der Waals surface area contributed by atoms with Crippen LogP contribution in [0.4, 0.5) is 10.1 Å². The summed E-state index contributed by atoms with van der Waals surface area (Å²) >= 11 is 20.6. The van der Waals surface area contributed by atoms with E-state index in [1.807, 2.05) is 43.3 Å². The van der Waals surface area contributed by atoms with Gasteiger partial charge in [-0.1, -0.05) is 59.3 Å². The van der Waals surface area contributed by atoms with Gasteiger partial charge in [0, 0.05) is 5.02 Å². The number of thiocarbonyl (C=S) groups is 1. The Morgan fingerprint density at radius 2 is 1.86 bits per heavy atom. The molecule has 1 amide bonds. The lowest BCUT2D eigenvalue weighted by molar-refractivity contribution is -0.113. The summed E-state index contributed by atoms with van der Waals surface area (Å²) in [6.45, 7) is 2.69. The maximum atomic E-state index is 13.6. The summed E-state index contributed by atoms with van der Waals surface area (Å²) in [6.07, 6.45) is 1.75. The summed E-state index contributed by atoms with van der Waals surface area (Å²) in [5, 5.41) is 0.584. The van der Waals surface area contributed by atoms with Crippen molar-refractivity contribution in [3.05, 3.63) is 90.1 Å². The van der Waals surface area contributed by atoms with Crippen molar-refractivity contribution >= 4 is 91.8 Å². The Labute approximate surface area is 235 Å². The molecule has 0 bridgehead atoms. The van der Waals surface area contributed by atoms with Gasteiger partial charge in [-0.2, -0.15) is 0 Å². The third-order valence-corrected chi connectivity index (χ3v) is 7.53. The zero-order chi connectivity index (χ0) is 25.1. The number of benzene rings is 3. The van der Waals surface area contributed by atoms with Gasteiger partial charge in [-0.05, 0) is 89.2 Å². The van der Waals surface area contributed by atoms with Gasteiger partial charge in [0.1, 0.15) is 12.4 Å². The highest BCUT2D eigenvalue weighted by Crippen LogP contribution is 2.39. The Balaban J connectivity index is 1.60. The second-order valence-electron chi connectivity index (χ2n) is 7.29. The quantitative estimate of drug-likeness (QED) is 0.146. The maximum absolute atomic E-state index is 13.6. The van der Waals surface area contributed by atoms with E-state index in [9.17, 15) is 9.18 Å². The van der Waals surface area contributed by atoms with Crippen molar-refractivity contribution in [3.63, 3.8) is 0 Å². The van der Waals surface area contributed by atoms with Crippen molar-refractivity contribution in [1.82, 2.24) is 0 Å². The van der Waals surface area contributed by atoms with Crippen LogP contribution in [0.1, 0.15) is 18.1 Å². The number of hydrogen-bond acceptors (Lipinski definition) is 5. The minimum Gasteiger partial charge on any atom is -0.490 e. The molecular weight excluding hydrogens is 643 g/mol. The number of thioether (sulfide) groups is 1. The summed E-state index contributed by atoms with van der Waals surface area (Å²) in [4.78, 5) is 14.9. The van der Waals surface area contributed by atoms with Gasteiger partial charge in [-0.25, -0.2) is 4.39 Å². The zero-order valence-corrected chi connectivity index (χ0v) is 23.5. The van der Waals surface area contributed by atoms with Crippen LogP contribution in [-0.4, -0.2) is 16.8 Å². The van der Waals surface area contributed by atoms with Crippen LogP contribution in [0.3, 0.4) is 0 Å². The van der Waals surface area contributed by atoms with E-state index >= 15 is 0 Å². The Morgan fingerprint density at radius 1 is 1.11 bits per heavy atom. The molecular formula is C25H17Cl2FINO3S2. The van der Waals surface area contributed by atoms with E-state index in [-0.39, 0.29) is 10.9 Å². The van der Waals surface area contributed by atoms with Crippen LogP contribution in [-0.2, 0) is 11.4 Å². The van der Waals surface area contributed by atoms with Gasteiger partial charge < -0.3 is 9.47 Å². The number of nitrogens with zero attached hydrogens (tertiary/aromatic N) is 1. The lowest BCUT2D eigenvalue weighted by Crippen LogP contribution is -2.27. The summed E-state index contributed by atoms with van der Waals surface area (Å²) in [5.74, 6) is 0.319. The second kappa shape index (κ2) is 11.5. The Bertz CT molecular complexity index is 1340. The molecule has 0 unspecified atom stereocenters. The lowest BCUT2D eigenvalue weighted by atomic mass is 10.1. The van der Waals surface area contributed by atoms with E-state index in [1.165, 1.54) is 34.9 Å². The number of anilines is 1. The molecule has 1 aliphatic rings. The SMILES string of the molecule is CCOc1cc(C=C2SC(=S)N(c3ccc(F)c(Cl)c3)C2=O)cc(I)c1OCc1ccc(Cl)cc1. The molecule has 0 N–H and O–H groups in total. The smallest absolute Gasteiger partial charge is 0.270 e. The molecule has 3 aromatic rings. The topological polar surface area (TPSA) is 38.8 Å². The van der Waals surface area contributed by atoms with E-state index in [2.05, 4.69) is 22.6 Å². The average Bonchev–Trinajstić information content (AvgIpc) is 3.09. The summed E-state index contributed by atoms with van der Waals surface area (Å²) < 4.78 is 26.6. The lowest BCUT2D eigenvalue weighted by Gasteiger charge is -2.15. The van der Waals surface area contributed by atoms with Gasteiger partial charge >= 0.3 is 0 Å². The van der Waals surface area contributed by atoms with Crippen molar-refractivity contribution in [2.24, 2.45) is 0 Å². The first-order valence-electron chi connectivity index (χ1n) is 10.3. The monoisotopic (exact) mass is 659 g/mol. The number of rotatable bonds is 7. The largest absolute Gasteiger partial charge is 0.490 e. The fourth-order valence-corrected chi connectivity index (χ4v) is 5.66. The van der Waals surface area contributed by atoms with Crippen LogP contribution in [0.5, 0.6) is 11.5 Å². The molecule has 4 rings (SSSR count). The molecule has 10 heteroatoms. The third-order valence-electron chi connectivity index (χ3n) is 4.88. The minimum atomic E-state index is -0.562. The average molecular weight is 660 g/mol. The number of halogens is 4. The molecule has 1 fully saturated rings. The van der Waals surface area contributed by atoms with E-state index in [0.717, 1.165) is 14.7 Å². The van der Waals surface area contributed by atoms with Gasteiger partial charge in [0.25, 0.3) is 5.91 Å². The van der Waals surface area contributed by atoms with Crippen LogP contribution in [0.15, 0.2) is 59.5 Å². The molecule has 0 spiro atoms. The van der Waals surface area contributed by atoms with Crippen molar-refractivity contribution in [1.29, 1.82) is 0 Å². The number of ether oxygens (including phenoxy) is 2. The van der Waals surface area contributed by atoms with Gasteiger partial charge in [-0.3, -0.25) is 9.69 Å². The van der Waals surface area contributed by atoms with Gasteiger partial charge in [-0.15, -0.1) is 0 Å². The van der Waals surface area contributed by atoms with Crippen LogP contribution < -0.4 is 14.4 Å². The Kier molecular flexibility index (Phi) is 8.59. The number of hydrogen-bond donors (Lipinski definition) is 0. The fraction of sp³-hybridized carbons (Fsp3) is 0.120. The Morgan fingerprint density at radius 3 is 2.54 bits per heavy atom. The van der Waals surface area contributed by atoms with E-state index in [0.29, 0.717) is 44.6 Å². The fourth-order valence-electron chi connectivity index (χ4n) is 3.28. The van der Waals surface area contributed by atoms with Gasteiger partial charge in [0.05, 0.1) is 25.8 Å². The molecule has 1 heterocycles. The third kappa shape index (κ3) is 6.11. The Hall–Kier alpha value is -1.85. The highest BCUT2D eigenvalue weighted by Gasteiger charge is 2.33. The number of carbonyl (C=O) groups is 1. The summed E-state index contributed by atoms with van der Waals surface area (Å²) in [5.41, 5.74) is 2.15. The van der Waals surface area contributed by atoms with Gasteiger partial charge in [0.15, 0.2) is 15.8 Å². The van der Waals surface area contributed by atoms with Crippen LogP contribution >= 0.6 is 69.8 Å². The maximum Gasteiger partial charge on any atom is 0.270 e. The van der Waals surface area contributed by atoms with Crippen LogP contribution in [0.2, 0.25) is 10.0 Å². The molecule has 35 heavy (non-hydrogen) atoms. The standard InChI is InChI=1S/C25H17Cl2FINO3S2/c1-2-32-21-10-15(9-20(29)23(21)33-13-14-3-5-16(26)6-4-14)11-22-24(31)30(25(34)35-22)17-7-8-19(28)18(27)12-17/h3-12H,2,13H2,1H3. The molecule has 0 aromatic heterocycles. The number of carbonyl (C=O) groups excluding carboxylic acids is 1. The van der Waals surface area contributed by atoms with Crippen molar-refractivity contribution in [2.75, 3.05) is 11.5 Å². The highest BCUT2D eigenvalue weighted by atomic mass is 127. The van der Waals surface area contributed by atoms with Crippen LogP contribution in [0.25, 0.3) is 6.08 Å². The molecule has 0 radical (unpaired) electrons. The predicted octanol–water partition coefficient (Wildman–Crippen LogP) is 8.12. The van der Waals surface area contributed by atoms with Crippen molar-refractivity contribution in [2.45, 2.75) is 13.5 Å². The van der Waals surface area contributed by atoms with E-state index < -0.39 is 5.82 Å². The van der Waals surface area contributed by atoms with Crippen LogP contribution in [0, 0.1) is 9.39 Å². The molecule has 4 nitrogen and oxygen atoms in total. The molecule has 3 aromatic carbocycles. The molecule has 0 saturated carbocycles. The van der Waals surface area contributed by atoms with E-state index in [1.54, 1.807) is 6.08 Å². The van der Waals surface area contributed by atoms with Gasteiger partial charge in [0.2, 0.25) is 0 Å². The molecule has 0 aliphatic carbocycles. The normalized spacial score (nSPS) is 14.7. The first-order valence-corrected chi connectivity index (χ1v) is 13.4. The molecule has 0 atom stereocenters. The first kappa shape index (κ1) is 26.2. The molecule has 180 valence electrons. The summed E-state index contributed by atoms with van der Waals surface area (Å²) in [7, 11) is 0. The minimum absolute atomic E-state index is 0.0781.